The molecule has 0 bridgehead atoms. The van der Waals surface area contributed by atoms with Crippen LogP contribution in [0.1, 0.15) is 36.8 Å². The quantitative estimate of drug-likeness (QED) is 0.722. The van der Waals surface area contributed by atoms with E-state index in [1.165, 1.54) is 11.1 Å². The van der Waals surface area contributed by atoms with E-state index in [0.717, 1.165) is 37.1 Å². The van der Waals surface area contributed by atoms with E-state index in [2.05, 4.69) is 18.2 Å². The van der Waals surface area contributed by atoms with Gasteiger partial charge in [0.25, 0.3) is 0 Å². The van der Waals surface area contributed by atoms with E-state index < -0.39 is 0 Å². The van der Waals surface area contributed by atoms with Gasteiger partial charge in [-0.25, -0.2) is 4.79 Å². The molecular weight excluding hydrogens is 407 g/mol. The van der Waals surface area contributed by atoms with Gasteiger partial charge in [-0.15, -0.1) is 12.4 Å². The summed E-state index contributed by atoms with van der Waals surface area (Å²) in [6.07, 6.45) is 4.44. The van der Waals surface area contributed by atoms with Crippen molar-refractivity contribution < 1.29 is 9.53 Å². The van der Waals surface area contributed by atoms with E-state index in [0.29, 0.717) is 13.2 Å². The van der Waals surface area contributed by atoms with Crippen LogP contribution in [0, 0.1) is 0 Å². The van der Waals surface area contributed by atoms with Gasteiger partial charge in [-0.1, -0.05) is 54.1 Å². The Balaban J connectivity index is 0.00000240. The van der Waals surface area contributed by atoms with Crippen LogP contribution in [0.15, 0.2) is 54.6 Å². The van der Waals surface area contributed by atoms with Crippen LogP contribution in [-0.2, 0) is 16.6 Å². The van der Waals surface area contributed by atoms with Gasteiger partial charge in [0, 0.05) is 23.0 Å². The molecule has 29 heavy (non-hydrogen) atoms. The number of hydrogen-bond donors (Lipinski definition) is 1. The largest absolute Gasteiger partial charge is 0.447 e. The molecule has 2 fully saturated rings. The first-order valence-corrected chi connectivity index (χ1v) is 10.4. The molecule has 1 saturated carbocycles. The number of halogens is 2. The number of hydrogen-bond acceptors (Lipinski definition) is 3. The topological polar surface area (TPSA) is 55.6 Å². The molecule has 156 valence electrons. The predicted octanol–water partition coefficient (Wildman–Crippen LogP) is 4.96. The lowest BCUT2D eigenvalue weighted by molar-refractivity contribution is 0.117. The zero-order valence-corrected chi connectivity index (χ0v) is 18.0. The minimum atomic E-state index is -0.172. The molecule has 1 atom stereocenters. The lowest BCUT2D eigenvalue weighted by atomic mass is 9.68. The minimum absolute atomic E-state index is 0. The number of carbonyl (C=O) groups is 1. The maximum Gasteiger partial charge on any atom is 0.410 e. The SMILES string of the molecule is Cl.NC[C@]1(c2cccc(Cl)c2)CC[C@@H](N2C(=O)OC[C@H]2Cc2ccccc2)CC1. The zero-order valence-electron chi connectivity index (χ0n) is 16.4. The van der Waals surface area contributed by atoms with Gasteiger partial charge in [-0.2, -0.15) is 0 Å². The predicted molar refractivity (Wildman–Crippen MR) is 119 cm³/mol. The first-order chi connectivity index (χ1) is 13.6. The second-order valence-electron chi connectivity index (χ2n) is 8.05. The van der Waals surface area contributed by atoms with E-state index in [9.17, 15) is 4.79 Å². The van der Waals surface area contributed by atoms with Crippen molar-refractivity contribution in [1.82, 2.24) is 4.90 Å². The van der Waals surface area contributed by atoms with Crippen LogP contribution >= 0.6 is 24.0 Å². The van der Waals surface area contributed by atoms with Crippen LogP contribution in [-0.4, -0.2) is 36.2 Å². The van der Waals surface area contributed by atoms with E-state index in [1.807, 2.05) is 41.3 Å². The fraction of sp³-hybridized carbons (Fsp3) is 0.435. The highest BCUT2D eigenvalue weighted by Crippen LogP contribution is 2.42. The van der Waals surface area contributed by atoms with Crippen LogP contribution in [0.25, 0.3) is 0 Å². The van der Waals surface area contributed by atoms with Crippen molar-refractivity contribution in [2.24, 2.45) is 5.73 Å². The fourth-order valence-electron chi connectivity index (χ4n) is 4.82. The summed E-state index contributed by atoms with van der Waals surface area (Å²) in [6, 6.07) is 18.7. The van der Waals surface area contributed by atoms with Gasteiger partial charge in [0.05, 0.1) is 6.04 Å². The van der Waals surface area contributed by atoms with E-state index >= 15 is 0 Å². The van der Waals surface area contributed by atoms with Gasteiger partial charge in [0.1, 0.15) is 6.61 Å². The Labute approximate surface area is 183 Å². The summed E-state index contributed by atoms with van der Waals surface area (Å²) in [4.78, 5) is 14.5. The number of cyclic esters (lactones) is 1. The van der Waals surface area contributed by atoms with Gasteiger partial charge in [0.15, 0.2) is 0 Å². The molecule has 1 heterocycles. The van der Waals surface area contributed by atoms with Crippen LogP contribution in [0.5, 0.6) is 0 Å². The van der Waals surface area contributed by atoms with Gasteiger partial charge < -0.3 is 10.5 Å². The van der Waals surface area contributed by atoms with Crippen molar-refractivity contribution in [2.75, 3.05) is 13.2 Å². The van der Waals surface area contributed by atoms with Gasteiger partial charge in [-0.3, -0.25) is 4.90 Å². The molecule has 1 aliphatic carbocycles. The first-order valence-electron chi connectivity index (χ1n) is 10.1. The fourth-order valence-corrected chi connectivity index (χ4v) is 5.01. The third-order valence-corrected chi connectivity index (χ3v) is 6.69. The van der Waals surface area contributed by atoms with E-state index in [1.54, 1.807) is 0 Å². The van der Waals surface area contributed by atoms with Gasteiger partial charge in [-0.05, 0) is 55.4 Å². The Morgan fingerprint density at radius 2 is 1.83 bits per heavy atom. The van der Waals surface area contributed by atoms with Crippen molar-refractivity contribution >= 4 is 30.1 Å². The molecule has 2 N–H and O–H groups in total. The highest BCUT2D eigenvalue weighted by atomic mass is 35.5. The second kappa shape index (κ2) is 9.38. The molecule has 0 radical (unpaired) electrons. The second-order valence-corrected chi connectivity index (χ2v) is 8.49. The number of carbonyl (C=O) groups excluding carboxylic acids is 1. The summed E-state index contributed by atoms with van der Waals surface area (Å²) >= 11 is 6.22. The van der Waals surface area contributed by atoms with Crippen molar-refractivity contribution in [2.45, 2.75) is 49.6 Å². The number of rotatable bonds is 5. The van der Waals surface area contributed by atoms with Crippen molar-refractivity contribution in [1.29, 1.82) is 0 Å². The average molecular weight is 435 g/mol. The molecule has 4 rings (SSSR count). The summed E-state index contributed by atoms with van der Waals surface area (Å²) in [7, 11) is 0. The van der Waals surface area contributed by atoms with Crippen molar-refractivity contribution in [3.05, 3.63) is 70.7 Å². The number of amides is 1. The Kier molecular flexibility index (Phi) is 7.10. The standard InChI is InChI=1S/C23H27ClN2O2.ClH/c24-19-8-4-7-18(14-19)23(16-25)11-9-20(10-12-23)26-21(15-28-22(26)27)13-17-5-2-1-3-6-17;/h1-8,14,20-21H,9-13,15-16,25H2;1H/t20-,21-,23+;/m1./s1. The smallest absolute Gasteiger partial charge is 0.410 e. The van der Waals surface area contributed by atoms with Crippen LogP contribution in [0.4, 0.5) is 4.79 Å². The van der Waals surface area contributed by atoms with Crippen LogP contribution in [0.3, 0.4) is 0 Å². The molecule has 0 aromatic heterocycles. The monoisotopic (exact) mass is 434 g/mol. The molecular formula is C23H28Cl2N2O2. The van der Waals surface area contributed by atoms with Crippen LogP contribution in [0.2, 0.25) is 5.02 Å². The molecule has 4 nitrogen and oxygen atoms in total. The number of ether oxygens (including phenoxy) is 1. The summed E-state index contributed by atoms with van der Waals surface area (Å²) in [5.41, 5.74) is 8.62. The normalized spacial score (nSPS) is 26.7. The lowest BCUT2D eigenvalue weighted by Gasteiger charge is -2.43. The summed E-state index contributed by atoms with van der Waals surface area (Å²) in [6.45, 7) is 1.07. The lowest BCUT2D eigenvalue weighted by Crippen LogP contribution is -2.49. The van der Waals surface area contributed by atoms with Gasteiger partial charge >= 0.3 is 6.09 Å². The highest BCUT2D eigenvalue weighted by Gasteiger charge is 2.43. The maximum atomic E-state index is 12.5. The van der Waals surface area contributed by atoms with Crippen molar-refractivity contribution in [3.63, 3.8) is 0 Å². The van der Waals surface area contributed by atoms with E-state index in [-0.39, 0.29) is 36.0 Å². The Bertz CT molecular complexity index is 823. The van der Waals surface area contributed by atoms with E-state index in [4.69, 9.17) is 22.1 Å². The molecule has 1 saturated heterocycles. The molecule has 2 aromatic rings. The molecule has 2 aliphatic rings. The third-order valence-electron chi connectivity index (χ3n) is 6.45. The van der Waals surface area contributed by atoms with Crippen LogP contribution < -0.4 is 5.73 Å². The Morgan fingerprint density at radius 3 is 2.48 bits per heavy atom. The summed E-state index contributed by atoms with van der Waals surface area (Å²) in [5.74, 6) is 0. The minimum Gasteiger partial charge on any atom is -0.447 e. The molecule has 1 amide bonds. The number of benzene rings is 2. The number of nitrogens with zero attached hydrogens (tertiary/aromatic N) is 1. The zero-order chi connectivity index (χ0) is 19.6. The first kappa shape index (κ1) is 21.9. The maximum absolute atomic E-state index is 12.5. The van der Waals surface area contributed by atoms with Gasteiger partial charge in [0.2, 0.25) is 0 Å². The summed E-state index contributed by atoms with van der Waals surface area (Å²) in [5, 5.41) is 0.749. The molecule has 0 spiro atoms. The van der Waals surface area contributed by atoms with Crippen molar-refractivity contribution in [3.8, 4) is 0 Å². The summed E-state index contributed by atoms with van der Waals surface area (Å²) < 4.78 is 5.43. The highest BCUT2D eigenvalue weighted by molar-refractivity contribution is 6.30. The Hall–Kier alpha value is -1.75. The molecule has 1 aliphatic heterocycles. The third kappa shape index (κ3) is 4.55. The molecule has 2 aromatic carbocycles. The molecule has 0 unspecified atom stereocenters. The Morgan fingerprint density at radius 1 is 1.10 bits per heavy atom. The number of nitrogens with two attached hydrogens (primary N) is 1. The average Bonchev–Trinajstić information content (AvgIpc) is 3.09. The molecule has 6 heteroatoms.